The van der Waals surface area contributed by atoms with Crippen LogP contribution in [0.25, 0.3) is 0 Å². The lowest BCUT2D eigenvalue weighted by atomic mass is 10.1. The zero-order chi connectivity index (χ0) is 35.6. The standard InChI is InChI=1S/C45H86N2O2/c1-3-5-7-9-11-13-15-17-19-21-23-25-27-29-31-33-35-37-39-41-44(48)46-43-47-45(49)42-40-38-36-34-32-30-28-26-24-22-20-18-16-14-12-10-8-6-4-2/h17-20H,3-16,21-43H2,1-2H3,(H,46,48)(H,47,49). The first-order chi connectivity index (χ1) is 24.2. The summed E-state index contributed by atoms with van der Waals surface area (Å²) in [6, 6.07) is 0. The Morgan fingerprint density at radius 3 is 0.816 bits per heavy atom. The van der Waals surface area contributed by atoms with Gasteiger partial charge < -0.3 is 10.6 Å². The molecule has 0 heterocycles. The van der Waals surface area contributed by atoms with Crippen LogP contribution in [0, 0.1) is 0 Å². The normalized spacial score (nSPS) is 11.6. The molecule has 0 radical (unpaired) electrons. The monoisotopic (exact) mass is 687 g/mol. The summed E-state index contributed by atoms with van der Waals surface area (Å²) in [5.41, 5.74) is 0. The third-order valence-electron chi connectivity index (χ3n) is 9.90. The van der Waals surface area contributed by atoms with E-state index >= 15 is 0 Å². The maximum Gasteiger partial charge on any atom is 0.221 e. The zero-order valence-corrected chi connectivity index (χ0v) is 33.3. The Balaban J connectivity index is 3.30. The lowest BCUT2D eigenvalue weighted by molar-refractivity contribution is -0.123. The molecule has 0 saturated heterocycles. The Bertz CT molecular complexity index is 672. The van der Waals surface area contributed by atoms with Gasteiger partial charge in [0.05, 0.1) is 6.67 Å². The first-order valence-electron chi connectivity index (χ1n) is 22.0. The van der Waals surface area contributed by atoms with Crippen molar-refractivity contribution >= 4 is 11.8 Å². The quantitative estimate of drug-likeness (QED) is 0.0383. The van der Waals surface area contributed by atoms with Crippen LogP contribution in [0.3, 0.4) is 0 Å². The van der Waals surface area contributed by atoms with Crippen LogP contribution in [0.5, 0.6) is 0 Å². The number of hydrogen-bond acceptors (Lipinski definition) is 2. The Labute approximate surface area is 307 Å². The molecule has 0 spiro atoms. The van der Waals surface area contributed by atoms with E-state index < -0.39 is 0 Å². The molecular formula is C45H86N2O2. The fraction of sp³-hybridized carbons (Fsp3) is 0.867. The van der Waals surface area contributed by atoms with Gasteiger partial charge in [0.1, 0.15) is 0 Å². The van der Waals surface area contributed by atoms with Crippen molar-refractivity contribution in [3.8, 4) is 0 Å². The molecule has 0 saturated carbocycles. The van der Waals surface area contributed by atoms with E-state index in [1.54, 1.807) is 0 Å². The first kappa shape index (κ1) is 47.4. The minimum Gasteiger partial charge on any atom is -0.339 e. The maximum atomic E-state index is 12.1. The summed E-state index contributed by atoms with van der Waals surface area (Å²) in [5, 5.41) is 5.71. The summed E-state index contributed by atoms with van der Waals surface area (Å²) >= 11 is 0. The van der Waals surface area contributed by atoms with E-state index in [4.69, 9.17) is 0 Å². The van der Waals surface area contributed by atoms with Crippen molar-refractivity contribution in [1.29, 1.82) is 0 Å². The molecule has 0 rings (SSSR count). The number of nitrogens with one attached hydrogen (secondary N) is 2. The summed E-state index contributed by atoms with van der Waals surface area (Å²) in [5.74, 6) is 0.113. The second-order valence-corrected chi connectivity index (χ2v) is 14.9. The molecule has 288 valence electrons. The molecule has 2 amide bonds. The number of hydrogen-bond donors (Lipinski definition) is 2. The zero-order valence-electron chi connectivity index (χ0n) is 33.3. The predicted octanol–water partition coefficient (Wildman–Crippen LogP) is 14.4. The van der Waals surface area contributed by atoms with E-state index in [0.717, 1.165) is 25.7 Å². The fourth-order valence-corrected chi connectivity index (χ4v) is 6.54. The first-order valence-corrected chi connectivity index (χ1v) is 22.0. The minimum absolute atomic E-state index is 0.0567. The molecule has 49 heavy (non-hydrogen) atoms. The van der Waals surface area contributed by atoms with Crippen molar-refractivity contribution in [3.05, 3.63) is 24.3 Å². The molecule has 0 bridgehead atoms. The van der Waals surface area contributed by atoms with Crippen LogP contribution in [0.4, 0.5) is 0 Å². The third kappa shape index (κ3) is 42.5. The molecule has 0 aromatic heterocycles. The van der Waals surface area contributed by atoms with Gasteiger partial charge in [-0.1, -0.05) is 192 Å². The predicted molar refractivity (Wildman–Crippen MR) is 217 cm³/mol. The molecule has 0 atom stereocenters. The number of amides is 2. The molecule has 4 heteroatoms. The highest BCUT2D eigenvalue weighted by atomic mass is 16.2. The summed E-state index contributed by atoms with van der Waals surface area (Å²) in [4.78, 5) is 24.2. The van der Waals surface area contributed by atoms with Gasteiger partial charge in [-0.25, -0.2) is 0 Å². The molecule has 2 N–H and O–H groups in total. The average Bonchev–Trinajstić information content (AvgIpc) is 3.10. The van der Waals surface area contributed by atoms with Crippen LogP contribution in [0.1, 0.15) is 245 Å². The molecule has 0 aliphatic carbocycles. The maximum absolute atomic E-state index is 12.1. The van der Waals surface area contributed by atoms with Crippen LogP contribution < -0.4 is 10.6 Å². The largest absolute Gasteiger partial charge is 0.339 e. The highest BCUT2D eigenvalue weighted by Crippen LogP contribution is 2.14. The van der Waals surface area contributed by atoms with Crippen LogP contribution in [-0.2, 0) is 9.59 Å². The van der Waals surface area contributed by atoms with Crippen molar-refractivity contribution in [2.45, 2.75) is 245 Å². The highest BCUT2D eigenvalue weighted by molar-refractivity contribution is 5.78. The molecular weight excluding hydrogens is 601 g/mol. The minimum atomic E-state index is 0.0567. The molecule has 0 aliphatic heterocycles. The van der Waals surface area contributed by atoms with E-state index in [1.165, 1.54) is 193 Å². The topological polar surface area (TPSA) is 58.2 Å². The van der Waals surface area contributed by atoms with Gasteiger partial charge in [-0.3, -0.25) is 9.59 Å². The second kappa shape index (κ2) is 42.6. The van der Waals surface area contributed by atoms with Gasteiger partial charge in [0.15, 0.2) is 0 Å². The lowest BCUT2D eigenvalue weighted by Crippen LogP contribution is -2.37. The van der Waals surface area contributed by atoms with E-state index in [1.807, 2.05) is 0 Å². The fourth-order valence-electron chi connectivity index (χ4n) is 6.54. The van der Waals surface area contributed by atoms with Crippen molar-refractivity contribution < 1.29 is 9.59 Å². The van der Waals surface area contributed by atoms with Crippen molar-refractivity contribution in [3.63, 3.8) is 0 Å². The number of allylic oxidation sites excluding steroid dienone is 4. The smallest absolute Gasteiger partial charge is 0.221 e. The number of unbranched alkanes of at least 4 members (excludes halogenated alkanes) is 30. The van der Waals surface area contributed by atoms with Gasteiger partial charge in [-0.2, -0.15) is 0 Å². The summed E-state index contributed by atoms with van der Waals surface area (Å²) in [6.45, 7) is 4.82. The van der Waals surface area contributed by atoms with Crippen molar-refractivity contribution in [1.82, 2.24) is 10.6 Å². The lowest BCUT2D eigenvalue weighted by Gasteiger charge is -2.08. The molecule has 4 nitrogen and oxygen atoms in total. The Morgan fingerprint density at radius 1 is 0.327 bits per heavy atom. The van der Waals surface area contributed by atoms with Crippen LogP contribution in [-0.4, -0.2) is 18.5 Å². The number of carbonyl (C=O) groups is 2. The Morgan fingerprint density at radius 2 is 0.551 bits per heavy atom. The SMILES string of the molecule is CCCCCCCCC=CCCCCCCCCCCCC(=O)NCNC(=O)CCCCCCCCCCCC=CCCCCCCCC. The van der Waals surface area contributed by atoms with Gasteiger partial charge >= 0.3 is 0 Å². The molecule has 0 fully saturated rings. The van der Waals surface area contributed by atoms with Crippen molar-refractivity contribution in [2.24, 2.45) is 0 Å². The Hall–Kier alpha value is -1.58. The van der Waals surface area contributed by atoms with E-state index in [-0.39, 0.29) is 18.5 Å². The Kier molecular flexibility index (Phi) is 41.2. The van der Waals surface area contributed by atoms with Crippen LogP contribution in [0.15, 0.2) is 24.3 Å². The van der Waals surface area contributed by atoms with Gasteiger partial charge in [0.2, 0.25) is 11.8 Å². The molecule has 0 aliphatic rings. The third-order valence-corrected chi connectivity index (χ3v) is 9.90. The van der Waals surface area contributed by atoms with Crippen LogP contribution in [0.2, 0.25) is 0 Å². The van der Waals surface area contributed by atoms with E-state index in [9.17, 15) is 9.59 Å². The molecule has 0 unspecified atom stereocenters. The second-order valence-electron chi connectivity index (χ2n) is 14.9. The summed E-state index contributed by atoms with van der Waals surface area (Å²) < 4.78 is 0. The average molecular weight is 687 g/mol. The van der Waals surface area contributed by atoms with Gasteiger partial charge in [-0.15, -0.1) is 0 Å². The summed E-state index contributed by atoms with van der Waals surface area (Å²) in [7, 11) is 0. The van der Waals surface area contributed by atoms with Gasteiger partial charge in [0.25, 0.3) is 0 Å². The van der Waals surface area contributed by atoms with Crippen LogP contribution >= 0.6 is 0 Å². The van der Waals surface area contributed by atoms with Gasteiger partial charge in [-0.05, 0) is 64.2 Å². The van der Waals surface area contributed by atoms with E-state index in [0.29, 0.717) is 12.8 Å². The number of carbonyl (C=O) groups excluding carboxylic acids is 2. The molecule has 0 aromatic rings. The molecule has 0 aromatic carbocycles. The highest BCUT2D eigenvalue weighted by Gasteiger charge is 2.04. The van der Waals surface area contributed by atoms with Crippen molar-refractivity contribution in [2.75, 3.05) is 6.67 Å². The van der Waals surface area contributed by atoms with E-state index in [2.05, 4.69) is 48.8 Å². The number of rotatable bonds is 40. The van der Waals surface area contributed by atoms with Gasteiger partial charge in [0, 0.05) is 12.8 Å². The summed E-state index contributed by atoms with van der Waals surface area (Å²) in [6.07, 6.45) is 55.0.